The lowest BCUT2D eigenvalue weighted by Crippen LogP contribution is -2.11. The molecule has 0 saturated heterocycles. The molecule has 0 aliphatic heterocycles. The van der Waals surface area contributed by atoms with Crippen molar-refractivity contribution < 1.29 is 4.42 Å². The molecule has 0 saturated carbocycles. The SMILES string of the molecule is C(=C/c1ccccc1)/C=C/c1ccc(-c2ccc(N(c3ccc(-c4cccc5c4sc4ccccc45)cc3)c3ccccc3-c3ccc4oc5c6ccccc6ccc5c4c3)cc2)cc1. The number of thiophene rings is 1. The highest BCUT2D eigenvalue weighted by Gasteiger charge is 2.20. The molecule has 65 heavy (non-hydrogen) atoms. The first-order chi connectivity index (χ1) is 32.2. The highest BCUT2D eigenvalue weighted by Crippen LogP contribution is 2.45. The van der Waals surface area contributed by atoms with Crippen molar-refractivity contribution in [3.05, 3.63) is 248 Å². The van der Waals surface area contributed by atoms with Gasteiger partial charge < -0.3 is 9.32 Å². The van der Waals surface area contributed by atoms with Crippen molar-refractivity contribution in [2.45, 2.75) is 0 Å². The molecule has 0 spiro atoms. The number of hydrogen-bond donors (Lipinski definition) is 0. The number of rotatable bonds is 9. The van der Waals surface area contributed by atoms with Gasteiger partial charge in [0.2, 0.25) is 0 Å². The minimum absolute atomic E-state index is 0.887. The lowest BCUT2D eigenvalue weighted by atomic mass is 9.98. The van der Waals surface area contributed by atoms with Crippen LogP contribution in [-0.2, 0) is 0 Å². The van der Waals surface area contributed by atoms with Crippen molar-refractivity contribution in [1.82, 2.24) is 0 Å². The van der Waals surface area contributed by atoms with Crippen LogP contribution in [0.25, 0.3) is 98.4 Å². The van der Waals surface area contributed by atoms with Gasteiger partial charge in [0.15, 0.2) is 0 Å². The van der Waals surface area contributed by atoms with E-state index in [-0.39, 0.29) is 0 Å². The van der Waals surface area contributed by atoms with Crippen LogP contribution < -0.4 is 4.90 Å². The zero-order chi connectivity index (χ0) is 43.1. The lowest BCUT2D eigenvalue weighted by Gasteiger charge is -2.28. The summed E-state index contributed by atoms with van der Waals surface area (Å²) in [5.74, 6) is 0. The molecule has 0 fully saturated rings. The number of anilines is 3. The second kappa shape index (κ2) is 16.5. The molecule has 12 rings (SSSR count). The largest absolute Gasteiger partial charge is 0.455 e. The summed E-state index contributed by atoms with van der Waals surface area (Å²) in [4.78, 5) is 2.39. The first-order valence-electron chi connectivity index (χ1n) is 22.1. The highest BCUT2D eigenvalue weighted by atomic mass is 32.1. The molecular weight excluding hydrogens is 807 g/mol. The van der Waals surface area contributed by atoms with Gasteiger partial charge in [-0.2, -0.15) is 0 Å². The molecule has 2 nitrogen and oxygen atoms in total. The monoisotopic (exact) mass is 847 g/mol. The lowest BCUT2D eigenvalue weighted by molar-refractivity contribution is 0.672. The van der Waals surface area contributed by atoms with Crippen molar-refractivity contribution in [2.24, 2.45) is 0 Å². The van der Waals surface area contributed by atoms with E-state index in [1.54, 1.807) is 0 Å². The second-order valence-electron chi connectivity index (χ2n) is 16.5. The summed E-state index contributed by atoms with van der Waals surface area (Å²) in [7, 11) is 0. The molecule has 0 unspecified atom stereocenters. The Balaban J connectivity index is 0.925. The van der Waals surface area contributed by atoms with Crippen LogP contribution >= 0.6 is 11.3 Å². The van der Waals surface area contributed by atoms with Crippen LogP contribution in [0.4, 0.5) is 17.1 Å². The van der Waals surface area contributed by atoms with E-state index in [1.165, 1.54) is 47.8 Å². The maximum atomic E-state index is 6.54. The van der Waals surface area contributed by atoms with E-state index in [2.05, 4.69) is 248 Å². The normalized spacial score (nSPS) is 11.9. The molecular formula is C62H41NOS. The average molecular weight is 848 g/mol. The Labute approximate surface area is 381 Å². The first-order valence-corrected chi connectivity index (χ1v) is 22.9. The van der Waals surface area contributed by atoms with Gasteiger partial charge in [0.1, 0.15) is 11.2 Å². The van der Waals surface area contributed by atoms with Crippen molar-refractivity contribution >= 4 is 93.4 Å². The quantitative estimate of drug-likeness (QED) is 0.135. The van der Waals surface area contributed by atoms with Crippen LogP contribution in [0.15, 0.2) is 241 Å². The molecule has 0 aliphatic carbocycles. The summed E-state index contributed by atoms with van der Waals surface area (Å²) in [5, 5.41) is 7.16. The van der Waals surface area contributed by atoms with Crippen LogP contribution in [0.3, 0.4) is 0 Å². The van der Waals surface area contributed by atoms with Gasteiger partial charge in [-0.1, -0.05) is 194 Å². The van der Waals surface area contributed by atoms with E-state index in [1.807, 2.05) is 17.4 Å². The topological polar surface area (TPSA) is 16.4 Å². The summed E-state index contributed by atoms with van der Waals surface area (Å²) in [6.45, 7) is 0. The van der Waals surface area contributed by atoms with Crippen molar-refractivity contribution in [2.75, 3.05) is 4.90 Å². The van der Waals surface area contributed by atoms with Crippen LogP contribution in [0.2, 0.25) is 0 Å². The summed E-state index contributed by atoms with van der Waals surface area (Å²) in [5.41, 5.74) is 14.5. The van der Waals surface area contributed by atoms with Crippen LogP contribution in [0.1, 0.15) is 11.1 Å². The van der Waals surface area contributed by atoms with Gasteiger partial charge in [-0.15, -0.1) is 11.3 Å². The minimum Gasteiger partial charge on any atom is -0.455 e. The van der Waals surface area contributed by atoms with Gasteiger partial charge in [0.25, 0.3) is 0 Å². The van der Waals surface area contributed by atoms with E-state index in [0.717, 1.165) is 66.6 Å². The predicted octanol–water partition coefficient (Wildman–Crippen LogP) is 18.3. The van der Waals surface area contributed by atoms with E-state index >= 15 is 0 Å². The summed E-state index contributed by atoms with van der Waals surface area (Å²) < 4.78 is 9.17. The Morgan fingerprint density at radius 2 is 0.985 bits per heavy atom. The fraction of sp³-hybridized carbons (Fsp3) is 0. The zero-order valence-corrected chi connectivity index (χ0v) is 36.3. The summed E-state index contributed by atoms with van der Waals surface area (Å²) in [6.07, 6.45) is 8.45. The Hall–Kier alpha value is -8.24. The van der Waals surface area contributed by atoms with E-state index < -0.39 is 0 Å². The summed E-state index contributed by atoms with van der Waals surface area (Å²) >= 11 is 1.87. The van der Waals surface area contributed by atoms with Gasteiger partial charge in [0.05, 0.1) is 5.69 Å². The Morgan fingerprint density at radius 3 is 1.77 bits per heavy atom. The standard InChI is InChI=1S/C62H41NOS/c1-2-13-42(14-3-1)15-4-5-16-43-25-27-44(28-26-43)45-29-35-49(36-30-45)63(50-37-31-47(32-38-50)53-21-12-22-56-54-20-9-11-24-60(54)65-62(53)56)58-23-10-8-18-51(58)48-34-40-59-57(41-48)55-39-33-46-17-6-7-19-52(46)61(55)64-59/h1-41H/b15-4-,16-5+. The molecule has 10 aromatic carbocycles. The number of allylic oxidation sites excluding steroid dienone is 2. The zero-order valence-electron chi connectivity index (χ0n) is 35.4. The number of nitrogens with zero attached hydrogens (tertiary/aromatic N) is 1. The van der Waals surface area contributed by atoms with E-state index in [9.17, 15) is 0 Å². The molecule has 0 bridgehead atoms. The number of benzene rings is 10. The molecule has 0 aliphatic rings. The van der Waals surface area contributed by atoms with Crippen LogP contribution in [0.5, 0.6) is 0 Å². The molecule has 0 N–H and O–H groups in total. The first kappa shape index (κ1) is 38.4. The maximum Gasteiger partial charge on any atom is 0.143 e. The van der Waals surface area contributed by atoms with Gasteiger partial charge in [0, 0.05) is 53.3 Å². The minimum atomic E-state index is 0.887. The Morgan fingerprint density at radius 1 is 0.385 bits per heavy atom. The number of para-hydroxylation sites is 1. The Bertz CT molecular complexity index is 3740. The van der Waals surface area contributed by atoms with Gasteiger partial charge in [-0.25, -0.2) is 0 Å². The molecule has 0 amide bonds. The van der Waals surface area contributed by atoms with Crippen molar-refractivity contribution in [3.8, 4) is 33.4 Å². The van der Waals surface area contributed by atoms with Crippen LogP contribution in [-0.4, -0.2) is 0 Å². The maximum absolute atomic E-state index is 6.54. The predicted molar refractivity (Wildman–Crippen MR) is 280 cm³/mol. The number of fused-ring (bicyclic) bond motifs is 8. The van der Waals surface area contributed by atoms with E-state index in [4.69, 9.17) is 4.42 Å². The smallest absolute Gasteiger partial charge is 0.143 e. The highest BCUT2D eigenvalue weighted by molar-refractivity contribution is 7.26. The van der Waals surface area contributed by atoms with Crippen molar-refractivity contribution in [3.63, 3.8) is 0 Å². The average Bonchev–Trinajstić information content (AvgIpc) is 3.95. The van der Waals surface area contributed by atoms with Gasteiger partial charge >= 0.3 is 0 Å². The third-order valence-electron chi connectivity index (χ3n) is 12.5. The third-order valence-corrected chi connectivity index (χ3v) is 13.7. The van der Waals surface area contributed by atoms with Crippen molar-refractivity contribution in [1.29, 1.82) is 0 Å². The van der Waals surface area contributed by atoms with Gasteiger partial charge in [-0.3, -0.25) is 0 Å². The molecule has 12 aromatic rings. The van der Waals surface area contributed by atoms with Crippen LogP contribution in [0, 0.1) is 0 Å². The second-order valence-corrected chi connectivity index (χ2v) is 17.5. The van der Waals surface area contributed by atoms with E-state index in [0.29, 0.717) is 0 Å². The fourth-order valence-electron chi connectivity index (χ4n) is 9.26. The number of hydrogen-bond acceptors (Lipinski definition) is 3. The summed E-state index contributed by atoms with van der Waals surface area (Å²) in [6, 6.07) is 80.8. The molecule has 2 aromatic heterocycles. The fourth-order valence-corrected chi connectivity index (χ4v) is 10.5. The molecule has 3 heteroatoms. The Kier molecular flexibility index (Phi) is 9.74. The molecule has 306 valence electrons. The molecule has 0 atom stereocenters. The third kappa shape index (κ3) is 7.19. The molecule has 0 radical (unpaired) electrons. The number of furan rings is 1. The molecule has 2 heterocycles. The van der Waals surface area contributed by atoms with Gasteiger partial charge in [-0.05, 0) is 98.9 Å².